The van der Waals surface area contributed by atoms with Crippen molar-refractivity contribution in [1.29, 1.82) is 0 Å². The van der Waals surface area contributed by atoms with E-state index >= 15 is 0 Å². The van der Waals surface area contributed by atoms with Crippen LogP contribution < -0.4 is 4.72 Å². The highest BCUT2D eigenvalue weighted by Crippen LogP contribution is 2.17. The topological polar surface area (TPSA) is 66.4 Å². The molecule has 1 aromatic heterocycles. The van der Waals surface area contributed by atoms with Crippen LogP contribution in [0.3, 0.4) is 0 Å². The Morgan fingerprint density at radius 3 is 2.75 bits per heavy atom. The van der Waals surface area contributed by atoms with Crippen LogP contribution in [0.4, 0.5) is 4.39 Å². The SMILES string of the molecule is Cc1cc(S(=O)(=O)NCC(O)c2ccsc2)ccc1F. The van der Waals surface area contributed by atoms with E-state index in [9.17, 15) is 17.9 Å². The molecule has 2 aromatic rings. The standard InChI is InChI=1S/C13H14FNO3S2/c1-9-6-11(2-3-12(9)14)20(17,18)15-7-13(16)10-4-5-19-8-10/h2-6,8,13,15-16H,7H2,1H3. The molecule has 0 saturated carbocycles. The van der Waals surface area contributed by atoms with E-state index in [0.29, 0.717) is 5.56 Å². The highest BCUT2D eigenvalue weighted by atomic mass is 32.2. The zero-order valence-corrected chi connectivity index (χ0v) is 12.3. The molecule has 1 aromatic carbocycles. The summed E-state index contributed by atoms with van der Waals surface area (Å²) in [6, 6.07) is 5.29. The molecule has 1 atom stereocenters. The summed E-state index contributed by atoms with van der Waals surface area (Å²) in [7, 11) is -3.76. The lowest BCUT2D eigenvalue weighted by Crippen LogP contribution is -2.28. The third kappa shape index (κ3) is 3.43. The first kappa shape index (κ1) is 15.1. The van der Waals surface area contributed by atoms with Crippen molar-refractivity contribution in [3.8, 4) is 0 Å². The van der Waals surface area contributed by atoms with Crippen molar-refractivity contribution in [3.63, 3.8) is 0 Å². The van der Waals surface area contributed by atoms with E-state index in [1.165, 1.54) is 30.4 Å². The van der Waals surface area contributed by atoms with Crippen LogP contribution >= 0.6 is 11.3 Å². The fraction of sp³-hybridized carbons (Fsp3) is 0.231. The second-order valence-electron chi connectivity index (χ2n) is 4.34. The molecule has 1 unspecified atom stereocenters. The summed E-state index contributed by atoms with van der Waals surface area (Å²) in [6.45, 7) is 1.37. The van der Waals surface area contributed by atoms with Gasteiger partial charge in [0.15, 0.2) is 0 Å². The number of aryl methyl sites for hydroxylation is 1. The molecule has 0 aliphatic rings. The van der Waals surface area contributed by atoms with Crippen LogP contribution in [0.2, 0.25) is 0 Å². The van der Waals surface area contributed by atoms with E-state index in [1.807, 2.05) is 0 Å². The molecule has 2 N–H and O–H groups in total. The highest BCUT2D eigenvalue weighted by Gasteiger charge is 2.17. The van der Waals surface area contributed by atoms with Crippen molar-refractivity contribution < 1.29 is 17.9 Å². The van der Waals surface area contributed by atoms with Gasteiger partial charge in [0.2, 0.25) is 10.0 Å². The number of sulfonamides is 1. The number of rotatable bonds is 5. The summed E-state index contributed by atoms with van der Waals surface area (Å²) in [5, 5.41) is 13.4. The fourth-order valence-corrected chi connectivity index (χ4v) is 3.47. The van der Waals surface area contributed by atoms with Gasteiger partial charge in [0.1, 0.15) is 5.82 Å². The minimum atomic E-state index is -3.76. The van der Waals surface area contributed by atoms with Crippen LogP contribution in [-0.4, -0.2) is 20.1 Å². The quantitative estimate of drug-likeness (QED) is 0.889. The van der Waals surface area contributed by atoms with Gasteiger partial charge >= 0.3 is 0 Å². The number of benzene rings is 1. The number of aliphatic hydroxyl groups is 1. The zero-order chi connectivity index (χ0) is 14.8. The lowest BCUT2D eigenvalue weighted by Gasteiger charge is -2.11. The van der Waals surface area contributed by atoms with Crippen molar-refractivity contribution in [2.24, 2.45) is 0 Å². The van der Waals surface area contributed by atoms with Crippen molar-refractivity contribution in [1.82, 2.24) is 4.72 Å². The van der Waals surface area contributed by atoms with Crippen LogP contribution in [-0.2, 0) is 10.0 Å². The molecule has 20 heavy (non-hydrogen) atoms. The average molecular weight is 315 g/mol. The van der Waals surface area contributed by atoms with E-state index in [0.717, 1.165) is 6.07 Å². The number of nitrogens with one attached hydrogen (secondary N) is 1. The number of halogens is 1. The van der Waals surface area contributed by atoms with Crippen LogP contribution in [0.1, 0.15) is 17.2 Å². The first-order chi connectivity index (χ1) is 9.40. The summed E-state index contributed by atoms with van der Waals surface area (Å²) < 4.78 is 39.5. The lowest BCUT2D eigenvalue weighted by atomic mass is 10.2. The zero-order valence-electron chi connectivity index (χ0n) is 10.7. The molecule has 0 fully saturated rings. The molecule has 0 amide bonds. The van der Waals surface area contributed by atoms with Crippen molar-refractivity contribution >= 4 is 21.4 Å². The Balaban J connectivity index is 2.09. The maximum atomic E-state index is 13.1. The van der Waals surface area contributed by atoms with Gasteiger partial charge in [-0.3, -0.25) is 0 Å². The van der Waals surface area contributed by atoms with Gasteiger partial charge in [0, 0.05) is 6.54 Å². The monoisotopic (exact) mass is 315 g/mol. The molecule has 7 heteroatoms. The van der Waals surface area contributed by atoms with Gasteiger partial charge in [-0.2, -0.15) is 11.3 Å². The van der Waals surface area contributed by atoms with Gasteiger partial charge in [0.05, 0.1) is 11.0 Å². The van der Waals surface area contributed by atoms with Gasteiger partial charge in [-0.15, -0.1) is 0 Å². The largest absolute Gasteiger partial charge is 0.387 e. The van der Waals surface area contributed by atoms with E-state index in [1.54, 1.807) is 16.8 Å². The molecule has 0 saturated heterocycles. The van der Waals surface area contributed by atoms with Crippen LogP contribution in [0.25, 0.3) is 0 Å². The summed E-state index contributed by atoms with van der Waals surface area (Å²) in [6.07, 6.45) is -0.905. The first-order valence-electron chi connectivity index (χ1n) is 5.86. The van der Waals surface area contributed by atoms with E-state index in [4.69, 9.17) is 0 Å². The molecular formula is C13H14FNO3S2. The first-order valence-corrected chi connectivity index (χ1v) is 8.29. The Kier molecular flexibility index (Phi) is 4.54. The Labute approximate surface area is 120 Å². The lowest BCUT2D eigenvalue weighted by molar-refractivity contribution is 0.182. The minimum absolute atomic E-state index is 0.0195. The van der Waals surface area contributed by atoms with E-state index in [-0.39, 0.29) is 17.0 Å². The molecule has 1 heterocycles. The van der Waals surface area contributed by atoms with Crippen molar-refractivity contribution in [2.75, 3.05) is 6.54 Å². The number of aliphatic hydroxyl groups excluding tert-OH is 1. The summed E-state index contributed by atoms with van der Waals surface area (Å²) in [4.78, 5) is -0.0195. The number of hydrogen-bond donors (Lipinski definition) is 2. The molecule has 4 nitrogen and oxygen atoms in total. The maximum Gasteiger partial charge on any atom is 0.240 e. The molecule has 2 rings (SSSR count). The summed E-state index contributed by atoms with van der Waals surface area (Å²) in [5.41, 5.74) is 0.916. The predicted molar refractivity (Wildman–Crippen MR) is 75.6 cm³/mol. The fourth-order valence-electron chi connectivity index (χ4n) is 1.64. The molecular weight excluding hydrogens is 301 g/mol. The molecule has 0 aliphatic carbocycles. The van der Waals surface area contributed by atoms with Crippen molar-refractivity contribution in [2.45, 2.75) is 17.9 Å². The van der Waals surface area contributed by atoms with Gasteiger partial charge in [0.25, 0.3) is 0 Å². The van der Waals surface area contributed by atoms with E-state index < -0.39 is 21.9 Å². The number of thiophene rings is 1. The van der Waals surface area contributed by atoms with Gasteiger partial charge < -0.3 is 5.11 Å². The van der Waals surface area contributed by atoms with E-state index in [2.05, 4.69) is 4.72 Å². The molecule has 108 valence electrons. The third-order valence-corrected chi connectivity index (χ3v) is 4.96. The van der Waals surface area contributed by atoms with Gasteiger partial charge in [-0.1, -0.05) is 0 Å². The van der Waals surface area contributed by atoms with Crippen LogP contribution in [0.15, 0.2) is 39.9 Å². The van der Waals surface area contributed by atoms with Gasteiger partial charge in [-0.05, 0) is 53.1 Å². The smallest absolute Gasteiger partial charge is 0.240 e. The highest BCUT2D eigenvalue weighted by molar-refractivity contribution is 7.89. The van der Waals surface area contributed by atoms with Crippen molar-refractivity contribution in [3.05, 3.63) is 52.0 Å². The van der Waals surface area contributed by atoms with Crippen LogP contribution in [0, 0.1) is 12.7 Å². The second kappa shape index (κ2) is 6.01. The summed E-state index contributed by atoms with van der Waals surface area (Å²) >= 11 is 1.42. The molecule has 0 radical (unpaired) electrons. The van der Waals surface area contributed by atoms with Crippen LogP contribution in [0.5, 0.6) is 0 Å². The summed E-state index contributed by atoms with van der Waals surface area (Å²) in [5.74, 6) is -0.456. The van der Waals surface area contributed by atoms with Gasteiger partial charge in [-0.25, -0.2) is 17.5 Å². The average Bonchev–Trinajstić information content (AvgIpc) is 2.93. The Hall–Kier alpha value is -1.28. The Morgan fingerprint density at radius 2 is 2.15 bits per heavy atom. The molecule has 0 aliphatic heterocycles. The minimum Gasteiger partial charge on any atom is -0.387 e. The normalized spacial score (nSPS) is 13.3. The Morgan fingerprint density at radius 1 is 1.40 bits per heavy atom. The molecule has 0 bridgehead atoms. The molecule has 0 spiro atoms. The third-order valence-electron chi connectivity index (χ3n) is 2.83. The Bertz CT molecular complexity index is 684. The maximum absolute atomic E-state index is 13.1. The number of hydrogen-bond acceptors (Lipinski definition) is 4. The second-order valence-corrected chi connectivity index (χ2v) is 6.88. The predicted octanol–water partition coefficient (Wildman–Crippen LogP) is 2.21.